The van der Waals surface area contributed by atoms with Crippen molar-refractivity contribution in [3.63, 3.8) is 0 Å². The van der Waals surface area contributed by atoms with E-state index in [0.29, 0.717) is 0 Å². The molecule has 0 spiro atoms. The fourth-order valence-corrected chi connectivity index (χ4v) is 6.13. The largest absolute Gasteiger partial charge is 1.00 e. The molecular formula is C50H95Li5O10. The van der Waals surface area contributed by atoms with Gasteiger partial charge in [0.1, 0.15) is 0 Å². The van der Waals surface area contributed by atoms with Crippen molar-refractivity contribution in [1.29, 1.82) is 0 Å². The summed E-state index contributed by atoms with van der Waals surface area (Å²) in [5.74, 6) is -4.57. The second-order valence-electron chi connectivity index (χ2n) is 16.2. The molecule has 0 radical (unpaired) electrons. The molecule has 0 unspecified atom stereocenters. The Balaban J connectivity index is -0.0000000713. The molecule has 0 rings (SSSR count). The van der Waals surface area contributed by atoms with E-state index in [9.17, 15) is 49.5 Å². The Bertz CT molecular complexity index is 740. The van der Waals surface area contributed by atoms with Gasteiger partial charge in [0.15, 0.2) is 0 Å². The third kappa shape index (κ3) is 122. The third-order valence-corrected chi connectivity index (χ3v) is 9.92. The molecule has 0 aromatic rings. The average molecular weight is 891 g/mol. The summed E-state index contributed by atoms with van der Waals surface area (Å²) in [6.45, 7) is 11.0. The van der Waals surface area contributed by atoms with Gasteiger partial charge in [0.25, 0.3) is 0 Å². The van der Waals surface area contributed by atoms with Crippen LogP contribution in [0.25, 0.3) is 0 Å². The molecule has 0 N–H and O–H groups in total. The maximum atomic E-state index is 10.0. The molecule has 10 nitrogen and oxygen atoms in total. The molecule has 0 aromatic heterocycles. The topological polar surface area (TPSA) is 201 Å². The molecule has 0 aliphatic rings. The van der Waals surface area contributed by atoms with Crippen LogP contribution >= 0.6 is 0 Å². The van der Waals surface area contributed by atoms with E-state index in [1.807, 2.05) is 0 Å². The van der Waals surface area contributed by atoms with Gasteiger partial charge in [0.05, 0.1) is 0 Å². The number of carbonyl (C=O) groups excluding carboxylic acids is 5. The Morgan fingerprint density at radius 3 is 0.385 bits per heavy atom. The normalized spacial score (nSPS) is 9.31. The van der Waals surface area contributed by atoms with Gasteiger partial charge in [-0.1, -0.05) is 227 Å². The average Bonchev–Trinajstić information content (AvgIpc) is 3.19. The summed E-state index contributed by atoms with van der Waals surface area (Å²) in [6.07, 6.45) is 41.7. The predicted molar refractivity (Wildman–Crippen MR) is 238 cm³/mol. The van der Waals surface area contributed by atoms with Gasteiger partial charge in [-0.2, -0.15) is 0 Å². The van der Waals surface area contributed by atoms with Crippen molar-refractivity contribution in [1.82, 2.24) is 0 Å². The van der Waals surface area contributed by atoms with Crippen molar-refractivity contribution in [2.75, 3.05) is 0 Å². The smallest absolute Gasteiger partial charge is 0.550 e. The number of carbonyl (C=O) groups is 5. The first-order valence-electron chi connectivity index (χ1n) is 24.8. The van der Waals surface area contributed by atoms with Gasteiger partial charge in [-0.25, -0.2) is 0 Å². The van der Waals surface area contributed by atoms with E-state index in [-0.39, 0.29) is 126 Å². The summed E-state index contributed by atoms with van der Waals surface area (Å²) in [4.78, 5) is 50.1. The zero-order chi connectivity index (χ0) is 46.2. The summed E-state index contributed by atoms with van der Waals surface area (Å²) in [5.41, 5.74) is 0. The number of carboxylic acid groups (broad SMARTS) is 5. The molecule has 0 saturated carbocycles. The van der Waals surface area contributed by atoms with Crippen molar-refractivity contribution in [3.8, 4) is 0 Å². The van der Waals surface area contributed by atoms with Gasteiger partial charge in [-0.3, -0.25) is 0 Å². The Labute approximate surface area is 461 Å². The maximum absolute atomic E-state index is 10.0. The number of aliphatic carboxylic acids is 5. The zero-order valence-corrected chi connectivity index (χ0v) is 44.9. The van der Waals surface area contributed by atoms with Gasteiger partial charge in [-0.15, -0.1) is 0 Å². The van der Waals surface area contributed by atoms with Crippen LogP contribution in [0.5, 0.6) is 0 Å². The Hall–Kier alpha value is 0.337. The first-order valence-corrected chi connectivity index (χ1v) is 24.8. The number of hydrogen-bond acceptors (Lipinski definition) is 10. The van der Waals surface area contributed by atoms with E-state index in [1.165, 1.54) is 161 Å². The standard InChI is InChI=1S/5C10H20O2.5Li/c5*1-2-3-4-5-6-7-8-9-10(11)12;;;;;/h5*2-9H2,1H3,(H,11,12);;;;;/q;;;;;5*+1/p-5. The number of carboxylic acids is 5. The summed E-state index contributed by atoms with van der Waals surface area (Å²) in [7, 11) is 0. The molecule has 0 atom stereocenters. The van der Waals surface area contributed by atoms with Gasteiger partial charge < -0.3 is 49.5 Å². The van der Waals surface area contributed by atoms with Gasteiger partial charge in [0.2, 0.25) is 0 Å². The fourth-order valence-electron chi connectivity index (χ4n) is 6.13. The van der Waals surface area contributed by atoms with Crippen molar-refractivity contribution >= 4 is 29.8 Å². The van der Waals surface area contributed by atoms with Gasteiger partial charge in [0, 0.05) is 29.8 Å². The molecule has 0 aliphatic heterocycles. The van der Waals surface area contributed by atoms with Crippen LogP contribution in [0, 0.1) is 0 Å². The Kier molecular flexibility index (Phi) is 115. The molecule has 0 saturated heterocycles. The summed E-state index contributed by atoms with van der Waals surface area (Å²) in [6, 6.07) is 0. The van der Waals surface area contributed by atoms with Crippen LogP contribution in [-0.4, -0.2) is 29.8 Å². The zero-order valence-electron chi connectivity index (χ0n) is 44.9. The van der Waals surface area contributed by atoms with Crippen LogP contribution in [0.2, 0.25) is 0 Å². The molecule has 0 fully saturated rings. The molecule has 0 aromatic carbocycles. The fraction of sp³-hybridized carbons (Fsp3) is 0.900. The monoisotopic (exact) mass is 891 g/mol. The molecule has 0 bridgehead atoms. The van der Waals surface area contributed by atoms with Crippen molar-refractivity contribution in [2.45, 2.75) is 291 Å². The van der Waals surface area contributed by atoms with E-state index < -0.39 is 29.8 Å². The summed E-state index contributed by atoms with van der Waals surface area (Å²) in [5, 5.41) is 50.1. The SMILES string of the molecule is CCCCCCCCCC(=O)[O-].CCCCCCCCCC(=O)[O-].CCCCCCCCCC(=O)[O-].CCCCCCCCCC(=O)[O-].CCCCCCCCCC(=O)[O-].[Li+].[Li+].[Li+].[Li+].[Li+]. The summed E-state index contributed by atoms with van der Waals surface area (Å²) < 4.78 is 0. The van der Waals surface area contributed by atoms with Crippen LogP contribution in [0.4, 0.5) is 0 Å². The minimum absolute atomic E-state index is 0. The van der Waals surface area contributed by atoms with Crippen molar-refractivity contribution in [2.24, 2.45) is 0 Å². The quantitative estimate of drug-likeness (QED) is 0.0422. The predicted octanol–water partition coefficient (Wildman–Crippen LogP) is -5.60. The van der Waals surface area contributed by atoms with Crippen LogP contribution in [0.15, 0.2) is 0 Å². The molecule has 0 amide bonds. The van der Waals surface area contributed by atoms with Gasteiger partial charge in [-0.05, 0) is 64.2 Å². The maximum Gasteiger partial charge on any atom is 1.00 e. The van der Waals surface area contributed by atoms with E-state index in [0.717, 1.165) is 64.2 Å². The van der Waals surface area contributed by atoms with Crippen LogP contribution < -0.4 is 120 Å². The molecular weight excluding hydrogens is 795 g/mol. The van der Waals surface area contributed by atoms with Crippen LogP contribution in [-0.2, 0) is 24.0 Å². The van der Waals surface area contributed by atoms with E-state index >= 15 is 0 Å². The van der Waals surface area contributed by atoms with Crippen LogP contribution in [0.1, 0.15) is 291 Å². The van der Waals surface area contributed by atoms with Gasteiger partial charge >= 0.3 is 94.3 Å². The number of hydrogen-bond donors (Lipinski definition) is 0. The Morgan fingerprint density at radius 1 is 0.200 bits per heavy atom. The number of rotatable bonds is 40. The van der Waals surface area contributed by atoms with Crippen molar-refractivity contribution in [3.05, 3.63) is 0 Å². The second kappa shape index (κ2) is 84.3. The summed E-state index contributed by atoms with van der Waals surface area (Å²) >= 11 is 0. The molecule has 360 valence electrons. The first kappa shape index (κ1) is 88.3. The van der Waals surface area contributed by atoms with E-state index in [2.05, 4.69) is 34.6 Å². The molecule has 65 heavy (non-hydrogen) atoms. The van der Waals surface area contributed by atoms with Crippen molar-refractivity contribution < 1.29 is 144 Å². The minimum Gasteiger partial charge on any atom is -0.550 e. The van der Waals surface area contributed by atoms with E-state index in [1.54, 1.807) is 0 Å². The minimum atomic E-state index is -0.913. The third-order valence-electron chi connectivity index (χ3n) is 9.92. The molecule has 0 heterocycles. The second-order valence-corrected chi connectivity index (χ2v) is 16.2. The Morgan fingerprint density at radius 2 is 0.292 bits per heavy atom. The number of unbranched alkanes of at least 4 members (excludes halogenated alkanes) is 30. The first-order chi connectivity index (χ1) is 28.9. The molecule has 0 aliphatic carbocycles. The van der Waals surface area contributed by atoms with E-state index in [4.69, 9.17) is 0 Å². The molecule has 15 heteroatoms. The van der Waals surface area contributed by atoms with Crippen LogP contribution in [0.3, 0.4) is 0 Å².